The lowest BCUT2D eigenvalue weighted by Crippen LogP contribution is -2.14. The quantitative estimate of drug-likeness (QED) is 0.782. The van der Waals surface area contributed by atoms with Crippen LogP contribution < -0.4 is 9.61 Å². The summed E-state index contributed by atoms with van der Waals surface area (Å²) in [6.45, 7) is 1.73. The van der Waals surface area contributed by atoms with E-state index in [1.165, 1.54) is 10.7 Å². The van der Waals surface area contributed by atoms with Crippen molar-refractivity contribution in [3.63, 3.8) is 0 Å². The van der Waals surface area contributed by atoms with Crippen molar-refractivity contribution in [2.24, 2.45) is 0 Å². The molecule has 0 radical (unpaired) electrons. The van der Waals surface area contributed by atoms with Crippen LogP contribution in [0.25, 0.3) is 5.69 Å². The Hall–Kier alpha value is -1.48. The summed E-state index contributed by atoms with van der Waals surface area (Å²) in [6, 6.07) is 3.12. The molecule has 1 aromatic carbocycles. The maximum Gasteiger partial charge on any atom is 0.329 e. The lowest BCUT2D eigenvalue weighted by atomic mass is 10.3. The van der Waals surface area contributed by atoms with E-state index in [0.717, 1.165) is 29.2 Å². The van der Waals surface area contributed by atoms with E-state index in [4.69, 9.17) is 34.4 Å². The van der Waals surface area contributed by atoms with Gasteiger partial charge in [-0.1, -0.05) is 40.5 Å². The van der Waals surface area contributed by atoms with Gasteiger partial charge < -0.3 is 4.74 Å². The molecule has 1 saturated carbocycles. The third-order valence-corrected chi connectivity index (χ3v) is 4.83. The molecule has 0 saturated heterocycles. The zero-order chi connectivity index (χ0) is 15.9. The highest BCUT2D eigenvalue weighted by atomic mass is 35.5. The van der Waals surface area contributed by atoms with Gasteiger partial charge in [0.2, 0.25) is 0 Å². The van der Waals surface area contributed by atoms with Gasteiger partial charge in [0.05, 0.1) is 15.7 Å². The molecule has 0 bridgehead atoms. The van der Waals surface area contributed by atoms with Gasteiger partial charge in [-0.2, -0.15) is 9.78 Å². The summed E-state index contributed by atoms with van der Waals surface area (Å²) < 4.78 is 6.85. The number of halogens is 2. The molecule has 1 heterocycles. The van der Waals surface area contributed by atoms with Gasteiger partial charge in [-0.05, 0) is 25.8 Å². The summed E-state index contributed by atoms with van der Waals surface area (Å²) in [4.78, 5) is 12.0. The van der Waals surface area contributed by atoms with Crippen LogP contribution in [-0.4, -0.2) is 15.9 Å². The lowest BCUT2D eigenvalue weighted by Gasteiger charge is -2.13. The average Bonchev–Trinajstić information content (AvgIpc) is 3.25. The van der Waals surface area contributed by atoms with Crippen LogP contribution in [-0.2, 0) is 0 Å². The molecular weight excluding hydrogens is 343 g/mol. The van der Waals surface area contributed by atoms with Crippen molar-refractivity contribution in [3.8, 4) is 23.8 Å². The first-order chi connectivity index (χ1) is 10.5. The van der Waals surface area contributed by atoms with Gasteiger partial charge in [0.15, 0.2) is 6.10 Å². The fraction of sp³-hybridized carbons (Fsp3) is 0.333. The molecule has 22 heavy (non-hydrogen) atoms. The summed E-state index contributed by atoms with van der Waals surface area (Å²) in [7, 11) is 0. The van der Waals surface area contributed by atoms with Crippen molar-refractivity contribution in [1.82, 2.24) is 9.78 Å². The van der Waals surface area contributed by atoms with Crippen LogP contribution in [0.15, 0.2) is 16.9 Å². The number of rotatable bonds is 4. The Morgan fingerprint density at radius 3 is 2.82 bits per heavy atom. The lowest BCUT2D eigenvalue weighted by molar-refractivity contribution is 0.279. The Kier molecular flexibility index (Phi) is 4.18. The van der Waals surface area contributed by atoms with Crippen LogP contribution in [0.5, 0.6) is 5.75 Å². The van der Waals surface area contributed by atoms with Crippen LogP contribution >= 0.6 is 34.5 Å². The van der Waals surface area contributed by atoms with E-state index in [1.54, 1.807) is 13.0 Å². The Morgan fingerprint density at radius 1 is 1.45 bits per heavy atom. The van der Waals surface area contributed by atoms with Crippen molar-refractivity contribution in [2.45, 2.75) is 31.8 Å². The van der Waals surface area contributed by atoms with Crippen LogP contribution in [0.2, 0.25) is 10.0 Å². The number of benzene rings is 1. The molecule has 2 aromatic rings. The first-order valence-electron chi connectivity index (χ1n) is 6.72. The van der Waals surface area contributed by atoms with Crippen LogP contribution in [0.3, 0.4) is 0 Å². The predicted octanol–water partition coefficient (Wildman–Crippen LogP) is 3.88. The molecule has 0 spiro atoms. The van der Waals surface area contributed by atoms with Gasteiger partial charge in [-0.3, -0.25) is 4.79 Å². The van der Waals surface area contributed by atoms with Crippen molar-refractivity contribution in [2.75, 3.05) is 0 Å². The van der Waals surface area contributed by atoms with Crippen LogP contribution in [0.4, 0.5) is 0 Å². The molecule has 3 rings (SSSR count). The molecule has 1 fully saturated rings. The van der Waals surface area contributed by atoms with E-state index in [0.29, 0.717) is 27.4 Å². The second-order valence-corrected chi connectivity index (χ2v) is 6.84. The highest BCUT2D eigenvalue weighted by molar-refractivity contribution is 7.09. The number of hydrogen-bond donors (Lipinski definition) is 0. The molecular formula is C15H12Cl2N2O2S. The van der Waals surface area contributed by atoms with E-state index < -0.39 is 6.10 Å². The fourth-order valence-electron chi connectivity index (χ4n) is 1.94. The predicted molar refractivity (Wildman–Crippen MR) is 88.6 cm³/mol. The standard InChI is InChI=1S/C15H12Cl2N2O2S/c1-3-8(2)21-13-7-12(10(16)6-11(13)17)19-15(20)22-14(18-19)9-4-5-9/h1,6-9H,4-5H2,2H3. The monoisotopic (exact) mass is 354 g/mol. The normalized spacial score (nSPS) is 15.4. The minimum atomic E-state index is -0.444. The number of ether oxygens (including phenoxy) is 1. The second kappa shape index (κ2) is 5.96. The SMILES string of the molecule is C#CC(C)Oc1cc(-n2nc(C3CC3)sc2=O)c(Cl)cc1Cl. The van der Waals surface area contributed by atoms with Crippen molar-refractivity contribution in [3.05, 3.63) is 36.9 Å². The second-order valence-electron chi connectivity index (χ2n) is 5.05. The number of nitrogens with zero attached hydrogens (tertiary/aromatic N) is 2. The minimum Gasteiger partial charge on any atom is -0.476 e. The number of aromatic nitrogens is 2. The zero-order valence-electron chi connectivity index (χ0n) is 11.7. The van der Waals surface area contributed by atoms with E-state index >= 15 is 0 Å². The van der Waals surface area contributed by atoms with E-state index in [-0.39, 0.29) is 4.87 Å². The molecule has 1 unspecified atom stereocenters. The maximum atomic E-state index is 12.2. The Bertz CT molecular complexity index is 818. The number of hydrogen-bond acceptors (Lipinski definition) is 4. The van der Waals surface area contributed by atoms with Crippen LogP contribution in [0.1, 0.15) is 30.7 Å². The Morgan fingerprint density at radius 2 is 2.18 bits per heavy atom. The Balaban J connectivity index is 2.04. The first kappa shape index (κ1) is 15.4. The fourth-order valence-corrected chi connectivity index (χ4v) is 3.37. The van der Waals surface area contributed by atoms with Gasteiger partial charge in [-0.15, -0.1) is 6.42 Å². The largest absolute Gasteiger partial charge is 0.476 e. The maximum absolute atomic E-state index is 12.2. The molecule has 114 valence electrons. The van der Waals surface area contributed by atoms with Gasteiger partial charge in [-0.25, -0.2) is 0 Å². The molecule has 0 amide bonds. The highest BCUT2D eigenvalue weighted by Crippen LogP contribution is 2.40. The highest BCUT2D eigenvalue weighted by Gasteiger charge is 2.28. The smallest absolute Gasteiger partial charge is 0.329 e. The molecule has 1 aliphatic rings. The zero-order valence-corrected chi connectivity index (χ0v) is 14.0. The molecule has 0 aliphatic heterocycles. The van der Waals surface area contributed by atoms with Crippen molar-refractivity contribution in [1.29, 1.82) is 0 Å². The summed E-state index contributed by atoms with van der Waals surface area (Å²) in [5, 5.41) is 5.88. The van der Waals surface area contributed by atoms with Crippen LogP contribution in [0, 0.1) is 12.3 Å². The summed E-state index contributed by atoms with van der Waals surface area (Å²) in [6.07, 6.45) is 7.02. The molecule has 1 aromatic heterocycles. The molecule has 1 atom stereocenters. The molecule has 4 nitrogen and oxygen atoms in total. The van der Waals surface area contributed by atoms with E-state index in [9.17, 15) is 4.79 Å². The topological polar surface area (TPSA) is 44.1 Å². The molecule has 0 N–H and O–H groups in total. The van der Waals surface area contributed by atoms with E-state index in [1.807, 2.05) is 0 Å². The third-order valence-electron chi connectivity index (χ3n) is 3.26. The van der Waals surface area contributed by atoms with E-state index in [2.05, 4.69) is 11.0 Å². The van der Waals surface area contributed by atoms with Gasteiger partial charge >= 0.3 is 4.87 Å². The summed E-state index contributed by atoms with van der Waals surface area (Å²) in [5.41, 5.74) is 0.443. The number of terminal acetylenes is 1. The average molecular weight is 355 g/mol. The molecule has 1 aliphatic carbocycles. The molecule has 7 heteroatoms. The first-order valence-corrected chi connectivity index (χ1v) is 8.29. The summed E-state index contributed by atoms with van der Waals surface area (Å²) in [5.74, 6) is 3.24. The van der Waals surface area contributed by atoms with Gasteiger partial charge in [0, 0.05) is 12.0 Å². The summed E-state index contributed by atoms with van der Waals surface area (Å²) >= 11 is 13.5. The van der Waals surface area contributed by atoms with Crippen molar-refractivity contribution >= 4 is 34.5 Å². The minimum absolute atomic E-state index is 0.179. The van der Waals surface area contributed by atoms with Gasteiger partial charge in [0.1, 0.15) is 10.8 Å². The third kappa shape index (κ3) is 3.00. The van der Waals surface area contributed by atoms with Crippen molar-refractivity contribution < 1.29 is 4.74 Å². The Labute approximate surface area is 141 Å². The van der Waals surface area contributed by atoms with Gasteiger partial charge in [0.25, 0.3) is 0 Å².